The zero-order valence-electron chi connectivity index (χ0n) is 22.6. The average molecular weight is 716 g/mol. The van der Waals surface area contributed by atoms with Crippen LogP contribution in [0.4, 0.5) is 79.0 Å². The molecule has 0 spiro atoms. The Morgan fingerprint density at radius 2 is 0.449 bits per heavy atom. The Bertz CT molecular complexity index is 2220. The fraction of sp³-hybridized carbons (Fsp3) is 0. The molecule has 6 rings (SSSR count). The number of benzene rings is 6. The van der Waals surface area contributed by atoms with Crippen LogP contribution < -0.4 is 16.4 Å². The summed E-state index contributed by atoms with van der Waals surface area (Å²) in [6.07, 6.45) is 0. The molecular formula is C30H3BF18. The second kappa shape index (κ2) is 11.2. The van der Waals surface area contributed by atoms with Gasteiger partial charge in [-0.15, -0.1) is 0 Å². The van der Waals surface area contributed by atoms with E-state index in [1.165, 1.54) is 0 Å². The van der Waals surface area contributed by atoms with Gasteiger partial charge in [0.15, 0.2) is 87.3 Å². The standard InChI is InChI=1S/C30H3BF18/c32-4-1-7(35)19(38)13-10(4)22(41)28(47)25(44)16(13)31(17-14-11(23(42)29(48)26(17)45)5(33)2-8(36)20(14)39)18-15-12(24(43)30(49)27(18)46)6(34)3-9(37)21(15)40/h1-3H. The van der Waals surface area contributed by atoms with Crippen molar-refractivity contribution in [1.82, 2.24) is 0 Å². The highest BCUT2D eigenvalue weighted by Gasteiger charge is 2.44. The normalized spacial score (nSPS) is 11.9. The molecule has 0 unspecified atom stereocenters. The molecule has 6 aromatic rings. The molecule has 0 aromatic heterocycles. The number of rotatable bonds is 3. The SMILES string of the molecule is Fc1cc(F)c2c(F)c(F)c(F)c(B(c3c(F)c(F)c(F)c4c(F)cc(F)c(F)c34)c3c(F)c(F)c(F)c4c(F)cc(F)c(F)c34)c2c1F. The molecule has 19 heteroatoms. The molecule has 6 aromatic carbocycles. The first-order valence-corrected chi connectivity index (χ1v) is 12.7. The smallest absolute Gasteiger partial charge is 0.206 e. The van der Waals surface area contributed by atoms with Gasteiger partial charge in [-0.3, -0.25) is 0 Å². The summed E-state index contributed by atoms with van der Waals surface area (Å²) in [6, 6.07) is -1.52. The van der Waals surface area contributed by atoms with Crippen LogP contribution >= 0.6 is 0 Å². The second-order valence-electron chi connectivity index (χ2n) is 10.2. The second-order valence-corrected chi connectivity index (χ2v) is 10.2. The van der Waals surface area contributed by atoms with E-state index in [1.807, 2.05) is 0 Å². The predicted octanol–water partition coefficient (Wildman–Crippen LogP) is 8.17. The lowest BCUT2D eigenvalue weighted by atomic mass is 9.34. The van der Waals surface area contributed by atoms with Crippen molar-refractivity contribution in [2.45, 2.75) is 0 Å². The maximum absolute atomic E-state index is 15.9. The molecule has 0 N–H and O–H groups in total. The van der Waals surface area contributed by atoms with E-state index in [0.29, 0.717) is 0 Å². The average Bonchev–Trinajstić information content (AvgIpc) is 3.03. The van der Waals surface area contributed by atoms with Crippen molar-refractivity contribution in [2.75, 3.05) is 0 Å². The van der Waals surface area contributed by atoms with Crippen LogP contribution in [0.5, 0.6) is 0 Å². The molecule has 0 saturated carbocycles. The van der Waals surface area contributed by atoms with Crippen molar-refractivity contribution >= 4 is 55.4 Å². The Morgan fingerprint density at radius 3 is 0.673 bits per heavy atom. The van der Waals surface area contributed by atoms with Crippen LogP contribution in [-0.4, -0.2) is 6.71 Å². The van der Waals surface area contributed by atoms with Crippen LogP contribution in [0, 0.1) is 105 Å². The Labute approximate surface area is 257 Å². The predicted molar refractivity (Wildman–Crippen MR) is 136 cm³/mol. The van der Waals surface area contributed by atoms with Crippen LogP contribution in [0.2, 0.25) is 0 Å². The molecule has 49 heavy (non-hydrogen) atoms. The third kappa shape index (κ3) is 4.46. The van der Waals surface area contributed by atoms with Gasteiger partial charge in [-0.25, -0.2) is 79.0 Å². The fourth-order valence-electron chi connectivity index (χ4n) is 5.74. The minimum absolute atomic E-state index is 0.507. The minimum atomic E-state index is -4.02. The summed E-state index contributed by atoms with van der Waals surface area (Å²) in [6.45, 7) is -4.02. The molecule has 0 atom stereocenters. The summed E-state index contributed by atoms with van der Waals surface area (Å²) in [5.74, 6) is -49.0. The van der Waals surface area contributed by atoms with Crippen LogP contribution in [0.25, 0.3) is 32.3 Å². The third-order valence-electron chi connectivity index (χ3n) is 7.71. The van der Waals surface area contributed by atoms with E-state index < -0.39 is 178 Å². The first-order valence-electron chi connectivity index (χ1n) is 12.7. The van der Waals surface area contributed by atoms with Gasteiger partial charge in [0, 0.05) is 34.4 Å². The molecule has 0 nitrogen and oxygen atoms in total. The molecule has 0 aliphatic carbocycles. The molecule has 0 aliphatic heterocycles. The van der Waals surface area contributed by atoms with Crippen LogP contribution in [0.3, 0.4) is 0 Å². The van der Waals surface area contributed by atoms with Crippen LogP contribution in [0.15, 0.2) is 18.2 Å². The van der Waals surface area contributed by atoms with Gasteiger partial charge in [-0.05, 0) is 16.4 Å². The highest BCUT2D eigenvalue weighted by molar-refractivity contribution is 6.99. The van der Waals surface area contributed by atoms with E-state index in [2.05, 4.69) is 0 Å². The van der Waals surface area contributed by atoms with Gasteiger partial charge in [0.2, 0.25) is 0 Å². The fourth-order valence-corrected chi connectivity index (χ4v) is 5.74. The first-order chi connectivity index (χ1) is 22.8. The van der Waals surface area contributed by atoms with Crippen LogP contribution in [0.1, 0.15) is 0 Å². The number of fused-ring (bicyclic) bond motifs is 3. The van der Waals surface area contributed by atoms with Gasteiger partial charge in [0.05, 0.1) is 16.2 Å². The number of hydrogen-bond acceptors (Lipinski definition) is 0. The summed E-state index contributed by atoms with van der Waals surface area (Å²) in [5, 5.41) is -13.6. The molecule has 0 heterocycles. The van der Waals surface area contributed by atoms with Gasteiger partial charge < -0.3 is 0 Å². The van der Waals surface area contributed by atoms with Crippen LogP contribution in [-0.2, 0) is 0 Å². The van der Waals surface area contributed by atoms with Gasteiger partial charge in [-0.1, -0.05) is 0 Å². The molecule has 0 fully saturated rings. The Kier molecular flexibility index (Phi) is 7.75. The van der Waals surface area contributed by atoms with Gasteiger partial charge in [-0.2, -0.15) is 0 Å². The molecule has 0 saturated heterocycles. The highest BCUT2D eigenvalue weighted by atomic mass is 19.2. The zero-order valence-corrected chi connectivity index (χ0v) is 22.6. The van der Waals surface area contributed by atoms with Gasteiger partial charge in [0.1, 0.15) is 17.5 Å². The molecule has 0 bridgehead atoms. The summed E-state index contributed by atoms with van der Waals surface area (Å²) in [4.78, 5) is 0. The van der Waals surface area contributed by atoms with Gasteiger partial charge in [0.25, 0.3) is 6.71 Å². The van der Waals surface area contributed by atoms with E-state index in [1.54, 1.807) is 0 Å². The summed E-state index contributed by atoms with van der Waals surface area (Å²) in [5.41, 5.74) is -7.55. The first kappa shape index (κ1) is 33.8. The van der Waals surface area contributed by atoms with E-state index >= 15 is 39.5 Å². The Hall–Kier alpha value is -5.10. The maximum atomic E-state index is 15.9. The Balaban J connectivity index is 2.08. The molecular weight excluding hydrogens is 713 g/mol. The Morgan fingerprint density at radius 1 is 0.224 bits per heavy atom. The highest BCUT2D eigenvalue weighted by Crippen LogP contribution is 2.34. The molecule has 0 aliphatic rings. The topological polar surface area (TPSA) is 0 Å². The quantitative estimate of drug-likeness (QED) is 0.0751. The lowest BCUT2D eigenvalue weighted by molar-refractivity contribution is 0.449. The number of hydrogen-bond donors (Lipinski definition) is 0. The van der Waals surface area contributed by atoms with Crippen molar-refractivity contribution in [2.24, 2.45) is 0 Å². The van der Waals surface area contributed by atoms with Gasteiger partial charge >= 0.3 is 0 Å². The van der Waals surface area contributed by atoms with Crippen molar-refractivity contribution in [3.8, 4) is 0 Å². The number of halogens is 18. The largest absolute Gasteiger partial charge is 0.255 e. The van der Waals surface area contributed by atoms with E-state index in [4.69, 9.17) is 0 Å². The van der Waals surface area contributed by atoms with Crippen molar-refractivity contribution < 1.29 is 79.0 Å². The molecule has 252 valence electrons. The monoisotopic (exact) mass is 716 g/mol. The third-order valence-corrected chi connectivity index (χ3v) is 7.71. The molecule has 0 radical (unpaired) electrons. The molecule has 0 amide bonds. The summed E-state index contributed by atoms with van der Waals surface area (Å²) < 4.78 is 272. The lowest BCUT2D eigenvalue weighted by Gasteiger charge is -2.25. The maximum Gasteiger partial charge on any atom is 0.255 e. The van der Waals surface area contributed by atoms with E-state index in [0.717, 1.165) is 0 Å². The van der Waals surface area contributed by atoms with Crippen molar-refractivity contribution in [3.05, 3.63) is 123 Å². The lowest BCUT2D eigenvalue weighted by Crippen LogP contribution is -2.58. The van der Waals surface area contributed by atoms with Crippen molar-refractivity contribution in [3.63, 3.8) is 0 Å². The minimum Gasteiger partial charge on any atom is -0.206 e. The van der Waals surface area contributed by atoms with Crippen molar-refractivity contribution in [1.29, 1.82) is 0 Å². The van der Waals surface area contributed by atoms with E-state index in [9.17, 15) is 39.5 Å². The summed E-state index contributed by atoms with van der Waals surface area (Å²) in [7, 11) is 0. The summed E-state index contributed by atoms with van der Waals surface area (Å²) >= 11 is 0. The zero-order chi connectivity index (χ0) is 36.3. The van der Waals surface area contributed by atoms with E-state index in [-0.39, 0.29) is 0 Å².